The molecule has 0 radical (unpaired) electrons. The van der Waals surface area contributed by atoms with Gasteiger partial charge in [-0.25, -0.2) is 4.68 Å². The summed E-state index contributed by atoms with van der Waals surface area (Å²) in [4.78, 5) is 0. The summed E-state index contributed by atoms with van der Waals surface area (Å²) in [6.45, 7) is 4.45. The van der Waals surface area contributed by atoms with E-state index in [1.165, 1.54) is 5.56 Å². The van der Waals surface area contributed by atoms with E-state index >= 15 is 0 Å². The molecule has 1 atom stereocenters. The van der Waals surface area contributed by atoms with Crippen molar-refractivity contribution in [2.75, 3.05) is 5.75 Å². The number of nitrogens with zero attached hydrogens (tertiary/aromatic N) is 4. The Hall–Kier alpha value is -1.40. The minimum atomic E-state index is -0.00944. The van der Waals surface area contributed by atoms with Crippen molar-refractivity contribution in [1.29, 1.82) is 0 Å². The van der Waals surface area contributed by atoms with Gasteiger partial charge in [0.15, 0.2) is 0 Å². The number of rotatable bonds is 6. The van der Waals surface area contributed by atoms with E-state index in [-0.39, 0.29) is 6.04 Å². The van der Waals surface area contributed by atoms with Crippen molar-refractivity contribution in [1.82, 2.24) is 20.2 Å². The average molecular weight is 291 g/mol. The molecule has 1 aromatic carbocycles. The lowest BCUT2D eigenvalue weighted by Gasteiger charge is -2.12. The second-order valence-electron chi connectivity index (χ2n) is 5.34. The van der Waals surface area contributed by atoms with Gasteiger partial charge >= 0.3 is 0 Å². The zero-order chi connectivity index (χ0) is 14.5. The molecule has 0 saturated heterocycles. The third-order valence-corrected chi connectivity index (χ3v) is 4.15. The second-order valence-corrected chi connectivity index (χ2v) is 6.33. The molecule has 2 rings (SSSR count). The van der Waals surface area contributed by atoms with Gasteiger partial charge in [0.2, 0.25) is 5.16 Å². The van der Waals surface area contributed by atoms with Gasteiger partial charge in [0.25, 0.3) is 0 Å². The molecule has 1 heterocycles. The Morgan fingerprint density at radius 3 is 2.50 bits per heavy atom. The first-order chi connectivity index (χ1) is 9.56. The molecule has 2 N–H and O–H groups in total. The van der Waals surface area contributed by atoms with Gasteiger partial charge in [-0.05, 0) is 33.9 Å². The number of aryl methyl sites for hydroxylation is 1. The lowest BCUT2D eigenvalue weighted by molar-refractivity contribution is 0.647. The summed E-state index contributed by atoms with van der Waals surface area (Å²) in [5, 5.41) is 12.1. The summed E-state index contributed by atoms with van der Waals surface area (Å²) in [6, 6.07) is 8.58. The Kier molecular flexibility index (Phi) is 5.14. The van der Waals surface area contributed by atoms with Crippen LogP contribution in [0.25, 0.3) is 0 Å². The highest BCUT2D eigenvalue weighted by molar-refractivity contribution is 7.99. The smallest absolute Gasteiger partial charge is 0.209 e. The van der Waals surface area contributed by atoms with E-state index in [0.717, 1.165) is 22.9 Å². The molecule has 20 heavy (non-hydrogen) atoms. The fourth-order valence-corrected chi connectivity index (χ4v) is 2.82. The number of benzene rings is 1. The third kappa shape index (κ3) is 4.05. The fourth-order valence-electron chi connectivity index (χ4n) is 1.98. The van der Waals surface area contributed by atoms with Crippen molar-refractivity contribution >= 4 is 11.8 Å². The van der Waals surface area contributed by atoms with Crippen molar-refractivity contribution in [3.8, 4) is 0 Å². The normalized spacial score (nSPS) is 12.8. The highest BCUT2D eigenvalue weighted by Crippen LogP contribution is 2.21. The average Bonchev–Trinajstić information content (AvgIpc) is 2.82. The Morgan fingerprint density at radius 2 is 1.95 bits per heavy atom. The van der Waals surface area contributed by atoms with Crippen molar-refractivity contribution < 1.29 is 0 Å². The van der Waals surface area contributed by atoms with E-state index in [0.29, 0.717) is 5.92 Å². The quantitative estimate of drug-likeness (QED) is 0.826. The molecule has 108 valence electrons. The van der Waals surface area contributed by atoms with Crippen molar-refractivity contribution in [2.24, 2.45) is 18.7 Å². The van der Waals surface area contributed by atoms with Gasteiger partial charge in [0.1, 0.15) is 0 Å². The number of nitrogens with two attached hydrogens (primary N) is 1. The predicted molar refractivity (Wildman–Crippen MR) is 81.4 cm³/mol. The molecule has 0 aliphatic carbocycles. The van der Waals surface area contributed by atoms with Gasteiger partial charge in [-0.15, -0.1) is 5.10 Å². The van der Waals surface area contributed by atoms with Crippen molar-refractivity contribution in [3.05, 3.63) is 35.4 Å². The van der Waals surface area contributed by atoms with Gasteiger partial charge in [-0.3, -0.25) is 0 Å². The minimum Gasteiger partial charge on any atom is -0.323 e. The first kappa shape index (κ1) is 15.0. The van der Waals surface area contributed by atoms with Crippen LogP contribution >= 0.6 is 11.8 Å². The SMILES string of the molecule is CC(C)Cc1ccc(C(N)CSc2nnnn2C)cc1. The monoisotopic (exact) mass is 291 g/mol. The van der Waals surface area contributed by atoms with E-state index < -0.39 is 0 Å². The zero-order valence-electron chi connectivity index (χ0n) is 12.2. The molecular formula is C14H21N5S. The van der Waals surface area contributed by atoms with Crippen molar-refractivity contribution in [3.63, 3.8) is 0 Å². The molecule has 1 unspecified atom stereocenters. The van der Waals surface area contributed by atoms with E-state index in [9.17, 15) is 0 Å². The summed E-state index contributed by atoms with van der Waals surface area (Å²) in [5.74, 6) is 1.44. The molecule has 2 aromatic rings. The lowest BCUT2D eigenvalue weighted by Crippen LogP contribution is -2.13. The van der Waals surface area contributed by atoms with Crippen LogP contribution < -0.4 is 5.73 Å². The summed E-state index contributed by atoms with van der Waals surface area (Å²) < 4.78 is 1.66. The van der Waals surface area contributed by atoms with Gasteiger partial charge < -0.3 is 5.73 Å². The maximum Gasteiger partial charge on any atom is 0.209 e. The van der Waals surface area contributed by atoms with Crippen LogP contribution in [0.2, 0.25) is 0 Å². The molecule has 1 aromatic heterocycles. The van der Waals surface area contributed by atoms with Gasteiger partial charge in [0.05, 0.1) is 0 Å². The summed E-state index contributed by atoms with van der Waals surface area (Å²) in [6.07, 6.45) is 1.11. The van der Waals surface area contributed by atoms with E-state index in [4.69, 9.17) is 5.73 Å². The predicted octanol–water partition coefficient (Wildman–Crippen LogP) is 2.20. The van der Waals surface area contributed by atoms with Crippen LogP contribution in [0, 0.1) is 5.92 Å². The molecule has 0 saturated carbocycles. The summed E-state index contributed by atoms with van der Waals surface area (Å²) in [7, 11) is 1.83. The zero-order valence-corrected chi connectivity index (χ0v) is 13.0. The van der Waals surface area contributed by atoms with Crippen LogP contribution in [0.15, 0.2) is 29.4 Å². The van der Waals surface area contributed by atoms with Gasteiger partial charge in [-0.1, -0.05) is 49.9 Å². The largest absolute Gasteiger partial charge is 0.323 e. The van der Waals surface area contributed by atoms with E-state index in [2.05, 4.69) is 53.6 Å². The van der Waals surface area contributed by atoms with Crippen LogP contribution in [0.1, 0.15) is 31.0 Å². The maximum absolute atomic E-state index is 6.21. The molecule has 0 bridgehead atoms. The van der Waals surface area contributed by atoms with Gasteiger partial charge in [0, 0.05) is 18.8 Å². The van der Waals surface area contributed by atoms with Crippen LogP contribution in [-0.4, -0.2) is 26.0 Å². The molecule has 0 aliphatic rings. The molecule has 0 fully saturated rings. The van der Waals surface area contributed by atoms with E-state index in [1.54, 1.807) is 16.4 Å². The topological polar surface area (TPSA) is 69.6 Å². The summed E-state index contributed by atoms with van der Waals surface area (Å²) in [5.41, 5.74) is 8.73. The number of thioether (sulfide) groups is 1. The molecule has 0 amide bonds. The first-order valence-corrected chi connectivity index (χ1v) is 7.74. The molecule has 5 nitrogen and oxygen atoms in total. The highest BCUT2D eigenvalue weighted by atomic mass is 32.2. The Labute approximate surface area is 123 Å². The fraction of sp³-hybridized carbons (Fsp3) is 0.500. The van der Waals surface area contributed by atoms with Crippen molar-refractivity contribution in [2.45, 2.75) is 31.5 Å². The Bertz CT molecular complexity index is 535. The van der Waals surface area contributed by atoms with Gasteiger partial charge in [-0.2, -0.15) is 0 Å². The number of tetrazole rings is 1. The third-order valence-electron chi connectivity index (χ3n) is 3.03. The summed E-state index contributed by atoms with van der Waals surface area (Å²) >= 11 is 1.57. The number of hydrogen-bond donors (Lipinski definition) is 1. The van der Waals surface area contributed by atoms with Crippen LogP contribution in [0.3, 0.4) is 0 Å². The minimum absolute atomic E-state index is 0.00944. The second kappa shape index (κ2) is 6.85. The Morgan fingerprint density at radius 1 is 1.25 bits per heavy atom. The maximum atomic E-state index is 6.21. The number of hydrogen-bond acceptors (Lipinski definition) is 5. The first-order valence-electron chi connectivity index (χ1n) is 6.76. The van der Waals surface area contributed by atoms with Crippen LogP contribution in [0.4, 0.5) is 0 Å². The molecule has 0 spiro atoms. The molecular weight excluding hydrogens is 270 g/mol. The highest BCUT2D eigenvalue weighted by Gasteiger charge is 2.10. The van der Waals surface area contributed by atoms with Crippen LogP contribution in [0.5, 0.6) is 0 Å². The lowest BCUT2D eigenvalue weighted by atomic mass is 10.0. The van der Waals surface area contributed by atoms with Crippen LogP contribution in [-0.2, 0) is 13.5 Å². The molecule has 0 aliphatic heterocycles. The Balaban J connectivity index is 1.92. The standard InChI is InChI=1S/C14H21N5S/c1-10(2)8-11-4-6-12(7-5-11)13(15)9-20-14-16-17-18-19(14)3/h4-7,10,13H,8-9,15H2,1-3H3. The number of aromatic nitrogens is 4. The van der Waals surface area contributed by atoms with E-state index in [1.807, 2.05) is 7.05 Å². The molecule has 6 heteroatoms.